The van der Waals surface area contributed by atoms with Gasteiger partial charge in [-0.15, -0.1) is 0 Å². The van der Waals surface area contributed by atoms with E-state index in [1.807, 2.05) is 41.3 Å². The molecule has 0 aliphatic carbocycles. The molecular weight excluding hydrogens is 290 g/mol. The van der Waals surface area contributed by atoms with Crippen LogP contribution in [0.3, 0.4) is 0 Å². The van der Waals surface area contributed by atoms with Gasteiger partial charge in [-0.25, -0.2) is 5.11 Å². The summed E-state index contributed by atoms with van der Waals surface area (Å²) in [4.78, 5) is 14.0. The number of carbonyl (C=O) groups excluding carboxylic acids is 1. The highest BCUT2D eigenvalue weighted by Crippen LogP contribution is 2.20. The SMILES string of the molecule is [O]CCCCN1C(=O)CCC[C@@H]1/C=C/C(O)Cc1ccccc1. The molecule has 0 aromatic heterocycles. The van der Waals surface area contributed by atoms with Gasteiger partial charge in [-0.2, -0.15) is 0 Å². The van der Waals surface area contributed by atoms with Crippen molar-refractivity contribution in [2.24, 2.45) is 0 Å². The molecule has 1 aromatic rings. The predicted molar refractivity (Wildman–Crippen MR) is 89.4 cm³/mol. The van der Waals surface area contributed by atoms with E-state index in [4.69, 9.17) is 0 Å². The Morgan fingerprint density at radius 1 is 1.26 bits per heavy atom. The van der Waals surface area contributed by atoms with Crippen molar-refractivity contribution in [1.82, 2.24) is 4.90 Å². The Morgan fingerprint density at radius 2 is 2.04 bits per heavy atom. The van der Waals surface area contributed by atoms with Crippen LogP contribution in [0.1, 0.15) is 37.7 Å². The van der Waals surface area contributed by atoms with E-state index in [1.165, 1.54) is 0 Å². The normalized spacial score (nSPS) is 20.2. The van der Waals surface area contributed by atoms with Crippen molar-refractivity contribution in [3.05, 3.63) is 48.0 Å². The fourth-order valence-electron chi connectivity index (χ4n) is 3.00. The summed E-state index contributed by atoms with van der Waals surface area (Å²) >= 11 is 0. The number of rotatable bonds is 8. The minimum atomic E-state index is -0.544. The maximum Gasteiger partial charge on any atom is 0.223 e. The topological polar surface area (TPSA) is 60.4 Å². The second kappa shape index (κ2) is 9.48. The zero-order valence-electron chi connectivity index (χ0n) is 13.6. The summed E-state index contributed by atoms with van der Waals surface area (Å²) in [5, 5.41) is 20.7. The largest absolute Gasteiger partial charge is 0.389 e. The summed E-state index contributed by atoms with van der Waals surface area (Å²) in [6.07, 6.45) is 7.57. The first kappa shape index (κ1) is 17.7. The molecule has 0 spiro atoms. The molecule has 4 nitrogen and oxygen atoms in total. The number of carbonyl (C=O) groups is 1. The molecule has 1 radical (unpaired) electrons. The van der Waals surface area contributed by atoms with Gasteiger partial charge in [-0.1, -0.05) is 42.5 Å². The maximum atomic E-state index is 12.1. The van der Waals surface area contributed by atoms with E-state index in [1.54, 1.807) is 6.08 Å². The van der Waals surface area contributed by atoms with E-state index in [9.17, 15) is 15.0 Å². The van der Waals surface area contributed by atoms with E-state index in [0.717, 1.165) is 24.8 Å². The summed E-state index contributed by atoms with van der Waals surface area (Å²) < 4.78 is 0. The zero-order chi connectivity index (χ0) is 16.5. The summed E-state index contributed by atoms with van der Waals surface area (Å²) in [6.45, 7) is 0.559. The van der Waals surface area contributed by atoms with Gasteiger partial charge in [0.1, 0.15) is 0 Å². The molecule has 1 saturated heterocycles. The van der Waals surface area contributed by atoms with Gasteiger partial charge in [0.15, 0.2) is 0 Å². The lowest BCUT2D eigenvalue weighted by molar-refractivity contribution is -0.135. The Balaban J connectivity index is 1.90. The summed E-state index contributed by atoms with van der Waals surface area (Å²) in [5.74, 6) is 0.161. The molecular formula is C19H26NO3. The van der Waals surface area contributed by atoms with Crippen molar-refractivity contribution in [1.29, 1.82) is 0 Å². The highest BCUT2D eigenvalue weighted by Gasteiger charge is 2.25. The molecule has 1 N–H and O–H groups in total. The van der Waals surface area contributed by atoms with Crippen LogP contribution in [0.15, 0.2) is 42.5 Å². The summed E-state index contributed by atoms with van der Waals surface area (Å²) in [5.41, 5.74) is 1.09. The third-order valence-electron chi connectivity index (χ3n) is 4.25. The van der Waals surface area contributed by atoms with Crippen LogP contribution in [0, 0.1) is 0 Å². The van der Waals surface area contributed by atoms with Crippen LogP contribution in [0.4, 0.5) is 0 Å². The minimum absolute atomic E-state index is 0.0494. The Labute approximate surface area is 138 Å². The molecule has 1 unspecified atom stereocenters. The van der Waals surface area contributed by atoms with Crippen molar-refractivity contribution in [3.8, 4) is 0 Å². The van der Waals surface area contributed by atoms with Gasteiger partial charge in [-0.3, -0.25) is 4.79 Å². The van der Waals surface area contributed by atoms with Crippen LogP contribution >= 0.6 is 0 Å². The number of hydrogen-bond donors (Lipinski definition) is 1. The number of unbranched alkanes of at least 4 members (excludes halogenated alkanes) is 1. The number of likely N-dealkylation sites (tertiary alicyclic amines) is 1. The number of nitrogens with zero attached hydrogens (tertiary/aromatic N) is 1. The molecule has 1 amide bonds. The molecule has 1 heterocycles. The smallest absolute Gasteiger partial charge is 0.223 e. The lowest BCUT2D eigenvalue weighted by atomic mass is 9.99. The van der Waals surface area contributed by atoms with Crippen LogP contribution in [0.2, 0.25) is 0 Å². The molecule has 0 bridgehead atoms. The first-order chi connectivity index (χ1) is 11.2. The quantitative estimate of drug-likeness (QED) is 0.592. The van der Waals surface area contributed by atoms with Gasteiger partial charge < -0.3 is 10.0 Å². The van der Waals surface area contributed by atoms with Crippen LogP contribution < -0.4 is 0 Å². The van der Waals surface area contributed by atoms with E-state index in [-0.39, 0.29) is 18.6 Å². The Morgan fingerprint density at radius 3 is 2.78 bits per heavy atom. The van der Waals surface area contributed by atoms with E-state index < -0.39 is 6.10 Å². The fraction of sp³-hybridized carbons (Fsp3) is 0.526. The minimum Gasteiger partial charge on any atom is -0.389 e. The first-order valence-corrected chi connectivity index (χ1v) is 8.48. The molecule has 4 heteroatoms. The lowest BCUT2D eigenvalue weighted by Gasteiger charge is -2.34. The second-order valence-electron chi connectivity index (χ2n) is 6.10. The Bertz CT molecular complexity index is 501. The number of piperidine rings is 1. The first-order valence-electron chi connectivity index (χ1n) is 8.48. The average Bonchev–Trinajstić information content (AvgIpc) is 2.56. The van der Waals surface area contributed by atoms with Crippen molar-refractivity contribution < 1.29 is 15.0 Å². The van der Waals surface area contributed by atoms with Crippen molar-refractivity contribution in [2.45, 2.75) is 50.7 Å². The molecule has 2 atom stereocenters. The highest BCUT2D eigenvalue weighted by molar-refractivity contribution is 5.77. The van der Waals surface area contributed by atoms with Gasteiger partial charge in [0.2, 0.25) is 5.91 Å². The van der Waals surface area contributed by atoms with Gasteiger partial charge >= 0.3 is 0 Å². The molecule has 1 fully saturated rings. The molecule has 23 heavy (non-hydrogen) atoms. The second-order valence-corrected chi connectivity index (χ2v) is 6.10. The van der Waals surface area contributed by atoms with Crippen molar-refractivity contribution >= 4 is 5.91 Å². The zero-order valence-corrected chi connectivity index (χ0v) is 13.6. The van der Waals surface area contributed by atoms with E-state index in [0.29, 0.717) is 25.8 Å². The van der Waals surface area contributed by atoms with Gasteiger partial charge in [0.25, 0.3) is 0 Å². The molecule has 1 aromatic carbocycles. The molecule has 1 aliphatic heterocycles. The van der Waals surface area contributed by atoms with Crippen molar-refractivity contribution in [2.75, 3.05) is 13.2 Å². The molecule has 2 rings (SSSR count). The Kier molecular flexibility index (Phi) is 7.30. The standard InChI is InChI=1S/C19H26NO3/c21-14-5-4-13-20-17(9-6-10-19(20)23)11-12-18(22)15-16-7-2-1-3-8-16/h1-3,7-8,11-12,17-18,22H,4-6,9-10,13-15H2/b12-11+/t17-,18?/m1/s1. The third kappa shape index (κ3) is 5.81. The third-order valence-corrected chi connectivity index (χ3v) is 4.25. The molecule has 1 aliphatic rings. The van der Waals surface area contributed by atoms with Crippen LogP contribution in [-0.2, 0) is 16.3 Å². The van der Waals surface area contributed by atoms with E-state index >= 15 is 0 Å². The summed E-state index contributed by atoms with van der Waals surface area (Å²) in [6, 6.07) is 9.92. The van der Waals surface area contributed by atoms with Gasteiger partial charge in [0.05, 0.1) is 18.8 Å². The number of hydrogen-bond acceptors (Lipinski definition) is 2. The van der Waals surface area contributed by atoms with Crippen LogP contribution in [0.25, 0.3) is 0 Å². The highest BCUT2D eigenvalue weighted by atomic mass is 16.3. The molecule has 0 saturated carbocycles. The van der Waals surface area contributed by atoms with Crippen LogP contribution in [-0.4, -0.2) is 41.2 Å². The fourth-order valence-corrected chi connectivity index (χ4v) is 3.00. The number of amides is 1. The number of aliphatic hydroxyl groups excluding tert-OH is 1. The average molecular weight is 316 g/mol. The van der Waals surface area contributed by atoms with Gasteiger partial charge in [-0.05, 0) is 31.2 Å². The predicted octanol–water partition coefficient (Wildman–Crippen LogP) is 2.74. The Hall–Kier alpha value is -1.65. The monoisotopic (exact) mass is 316 g/mol. The lowest BCUT2D eigenvalue weighted by Crippen LogP contribution is -2.43. The number of aliphatic hydroxyl groups is 1. The van der Waals surface area contributed by atoms with Crippen LogP contribution in [0.5, 0.6) is 0 Å². The number of benzene rings is 1. The summed E-state index contributed by atoms with van der Waals surface area (Å²) in [7, 11) is 0. The maximum absolute atomic E-state index is 12.1. The molecule has 125 valence electrons. The van der Waals surface area contributed by atoms with Gasteiger partial charge in [0, 0.05) is 19.4 Å². The van der Waals surface area contributed by atoms with Crippen molar-refractivity contribution in [3.63, 3.8) is 0 Å². The van der Waals surface area contributed by atoms with E-state index in [2.05, 4.69) is 0 Å².